The number of likely N-dealkylation sites (tertiary alicyclic amines) is 1. The summed E-state index contributed by atoms with van der Waals surface area (Å²) in [4.78, 5) is 33.6. The zero-order chi connectivity index (χ0) is 24.9. The number of para-hydroxylation sites is 1. The lowest BCUT2D eigenvalue weighted by Crippen LogP contribution is -2.45. The first-order chi connectivity index (χ1) is 17.6. The van der Waals surface area contributed by atoms with E-state index in [1.54, 1.807) is 29.2 Å². The first kappa shape index (κ1) is 24.0. The Morgan fingerprint density at radius 2 is 1.64 bits per heavy atom. The van der Waals surface area contributed by atoms with E-state index in [1.165, 1.54) is 16.9 Å². The molecule has 2 heterocycles. The molecule has 1 atom stereocenters. The maximum Gasteiger partial charge on any atom is 0.322 e. The number of nitrogens with zero attached hydrogens (tertiary/aromatic N) is 2. The van der Waals surface area contributed by atoms with Gasteiger partial charge >= 0.3 is 6.03 Å². The molecule has 1 aliphatic heterocycles. The van der Waals surface area contributed by atoms with Gasteiger partial charge in [-0.1, -0.05) is 84.4 Å². The van der Waals surface area contributed by atoms with Crippen LogP contribution >= 0.6 is 22.9 Å². The van der Waals surface area contributed by atoms with E-state index in [0.717, 1.165) is 22.6 Å². The fourth-order valence-corrected chi connectivity index (χ4v) is 5.55. The van der Waals surface area contributed by atoms with Crippen molar-refractivity contribution in [1.29, 1.82) is 0 Å². The largest absolute Gasteiger partial charge is 0.322 e. The molecule has 0 spiro atoms. The summed E-state index contributed by atoms with van der Waals surface area (Å²) in [6.07, 6.45) is 2.06. The van der Waals surface area contributed by atoms with Crippen LogP contribution in [0.5, 0.6) is 0 Å². The fraction of sp³-hybridized carbons (Fsp3) is 0.179. The smallest absolute Gasteiger partial charge is 0.312 e. The molecule has 5 rings (SSSR count). The minimum absolute atomic E-state index is 0.235. The SMILES string of the molecule is O=C(Nc1nc(-c2ccccc2)c(Cc2ccccc2)s1)[C@@H]1CCCN1C(=O)Nc1ccccc1Cl. The van der Waals surface area contributed by atoms with Crippen molar-refractivity contribution < 1.29 is 9.59 Å². The van der Waals surface area contributed by atoms with Crippen LogP contribution in [-0.4, -0.2) is 34.4 Å². The van der Waals surface area contributed by atoms with Gasteiger partial charge in [0.15, 0.2) is 5.13 Å². The van der Waals surface area contributed by atoms with Crippen LogP contribution in [0.1, 0.15) is 23.3 Å². The van der Waals surface area contributed by atoms with Crippen molar-refractivity contribution >= 4 is 45.7 Å². The summed E-state index contributed by atoms with van der Waals surface area (Å²) in [7, 11) is 0. The number of rotatable bonds is 6. The number of amides is 3. The van der Waals surface area contributed by atoms with Crippen molar-refractivity contribution in [3.63, 3.8) is 0 Å². The predicted octanol–water partition coefficient (Wildman–Crippen LogP) is 6.69. The van der Waals surface area contributed by atoms with Crippen molar-refractivity contribution in [2.24, 2.45) is 0 Å². The van der Waals surface area contributed by atoms with Crippen LogP contribution in [0.3, 0.4) is 0 Å². The second kappa shape index (κ2) is 10.9. The van der Waals surface area contributed by atoms with Gasteiger partial charge in [-0.2, -0.15) is 0 Å². The van der Waals surface area contributed by atoms with Crippen molar-refractivity contribution in [3.8, 4) is 11.3 Å². The lowest BCUT2D eigenvalue weighted by molar-refractivity contribution is -0.119. The van der Waals surface area contributed by atoms with Gasteiger partial charge in [-0.15, -0.1) is 11.3 Å². The highest BCUT2D eigenvalue weighted by atomic mass is 35.5. The molecule has 2 N–H and O–H groups in total. The third-order valence-electron chi connectivity index (χ3n) is 6.11. The van der Waals surface area contributed by atoms with Gasteiger partial charge in [0.1, 0.15) is 6.04 Å². The predicted molar refractivity (Wildman–Crippen MR) is 146 cm³/mol. The van der Waals surface area contributed by atoms with Crippen molar-refractivity contribution in [2.45, 2.75) is 25.3 Å². The molecule has 3 amide bonds. The number of carbonyl (C=O) groups is 2. The van der Waals surface area contributed by atoms with E-state index in [0.29, 0.717) is 35.2 Å². The van der Waals surface area contributed by atoms with Crippen LogP contribution in [0.2, 0.25) is 5.02 Å². The molecule has 0 bridgehead atoms. The van der Waals surface area contributed by atoms with E-state index in [-0.39, 0.29) is 11.9 Å². The van der Waals surface area contributed by atoms with E-state index in [4.69, 9.17) is 16.6 Å². The minimum Gasteiger partial charge on any atom is -0.312 e. The van der Waals surface area contributed by atoms with Gasteiger partial charge in [0.25, 0.3) is 0 Å². The molecule has 0 radical (unpaired) electrons. The number of carbonyl (C=O) groups excluding carboxylic acids is 2. The molecule has 1 fully saturated rings. The van der Waals surface area contributed by atoms with Crippen LogP contribution in [0.25, 0.3) is 11.3 Å². The number of halogens is 1. The number of urea groups is 1. The lowest BCUT2D eigenvalue weighted by atomic mass is 10.1. The summed E-state index contributed by atoms with van der Waals surface area (Å²) in [5.41, 5.74) is 3.56. The Bertz CT molecular complexity index is 1360. The summed E-state index contributed by atoms with van der Waals surface area (Å²) >= 11 is 7.66. The first-order valence-electron chi connectivity index (χ1n) is 11.8. The van der Waals surface area contributed by atoms with Crippen LogP contribution < -0.4 is 10.6 Å². The molecule has 6 nitrogen and oxygen atoms in total. The van der Waals surface area contributed by atoms with Crippen LogP contribution in [0.4, 0.5) is 15.6 Å². The number of anilines is 2. The molecular formula is C28H25ClN4O2S. The molecule has 0 aliphatic carbocycles. The fourth-order valence-electron chi connectivity index (χ4n) is 4.35. The first-order valence-corrected chi connectivity index (χ1v) is 13.0. The summed E-state index contributed by atoms with van der Waals surface area (Å²) in [5.74, 6) is -0.235. The highest BCUT2D eigenvalue weighted by molar-refractivity contribution is 7.16. The average molecular weight is 517 g/mol. The van der Waals surface area contributed by atoms with Gasteiger partial charge in [0, 0.05) is 23.4 Å². The molecule has 3 aromatic carbocycles. The number of nitrogens with one attached hydrogen (secondary N) is 2. The zero-order valence-corrected chi connectivity index (χ0v) is 21.1. The number of benzene rings is 3. The normalized spacial score (nSPS) is 15.0. The quantitative estimate of drug-likeness (QED) is 0.300. The van der Waals surface area contributed by atoms with Crippen LogP contribution in [0, 0.1) is 0 Å². The Morgan fingerprint density at radius 1 is 0.944 bits per heavy atom. The van der Waals surface area contributed by atoms with E-state index in [9.17, 15) is 9.59 Å². The van der Waals surface area contributed by atoms with E-state index < -0.39 is 6.04 Å². The Kier molecular flexibility index (Phi) is 7.30. The summed E-state index contributed by atoms with van der Waals surface area (Å²) in [6.45, 7) is 0.501. The second-order valence-corrected chi connectivity index (χ2v) is 10.1. The standard InChI is InChI=1S/C28H25ClN4O2S/c29-21-14-7-8-15-22(21)30-28(35)33-17-9-16-23(33)26(34)32-27-31-25(20-12-5-2-6-13-20)24(36-27)18-19-10-3-1-4-11-19/h1-8,10-15,23H,9,16-18H2,(H,30,35)(H,31,32,34)/t23-/m0/s1. The van der Waals surface area contributed by atoms with Crippen LogP contribution in [-0.2, 0) is 11.2 Å². The number of aromatic nitrogens is 1. The van der Waals surface area contributed by atoms with Gasteiger partial charge in [-0.25, -0.2) is 9.78 Å². The zero-order valence-electron chi connectivity index (χ0n) is 19.5. The van der Waals surface area contributed by atoms with Gasteiger partial charge in [-0.3, -0.25) is 4.79 Å². The number of hydrogen-bond donors (Lipinski definition) is 2. The Morgan fingerprint density at radius 3 is 2.39 bits per heavy atom. The Hall–Kier alpha value is -3.68. The number of hydrogen-bond acceptors (Lipinski definition) is 4. The Balaban J connectivity index is 1.34. The molecule has 1 saturated heterocycles. The van der Waals surface area contributed by atoms with Gasteiger partial charge in [0.2, 0.25) is 5.91 Å². The lowest BCUT2D eigenvalue weighted by Gasteiger charge is -2.24. The molecule has 1 aliphatic rings. The monoisotopic (exact) mass is 516 g/mol. The van der Waals surface area contributed by atoms with Crippen LogP contribution in [0.15, 0.2) is 84.9 Å². The van der Waals surface area contributed by atoms with Crippen molar-refractivity contribution in [1.82, 2.24) is 9.88 Å². The summed E-state index contributed by atoms with van der Waals surface area (Å²) < 4.78 is 0. The molecule has 0 unspecified atom stereocenters. The van der Waals surface area contributed by atoms with Crippen molar-refractivity contribution in [2.75, 3.05) is 17.2 Å². The highest BCUT2D eigenvalue weighted by Crippen LogP contribution is 2.33. The van der Waals surface area contributed by atoms with E-state index >= 15 is 0 Å². The molecule has 1 aromatic heterocycles. The molecule has 0 saturated carbocycles. The third kappa shape index (κ3) is 5.42. The molecular weight excluding hydrogens is 492 g/mol. The molecule has 182 valence electrons. The maximum atomic E-state index is 13.3. The van der Waals surface area contributed by atoms with E-state index in [1.807, 2.05) is 48.5 Å². The van der Waals surface area contributed by atoms with Crippen molar-refractivity contribution in [3.05, 3.63) is 100 Å². The topological polar surface area (TPSA) is 74.3 Å². The summed E-state index contributed by atoms with van der Waals surface area (Å²) in [6, 6.07) is 26.3. The molecule has 4 aromatic rings. The number of thiazole rings is 1. The van der Waals surface area contributed by atoms with E-state index in [2.05, 4.69) is 22.8 Å². The van der Waals surface area contributed by atoms with Gasteiger partial charge in [-0.05, 0) is 30.5 Å². The van der Waals surface area contributed by atoms with Gasteiger partial charge < -0.3 is 15.5 Å². The maximum absolute atomic E-state index is 13.3. The summed E-state index contributed by atoms with van der Waals surface area (Å²) in [5, 5.41) is 6.79. The van der Waals surface area contributed by atoms with Gasteiger partial charge in [0.05, 0.1) is 16.4 Å². The average Bonchev–Trinajstić information content (AvgIpc) is 3.54. The minimum atomic E-state index is -0.575. The second-order valence-electron chi connectivity index (χ2n) is 8.57. The molecule has 8 heteroatoms. The third-order valence-corrected chi connectivity index (χ3v) is 7.41. The highest BCUT2D eigenvalue weighted by Gasteiger charge is 2.35. The Labute approximate surface area is 218 Å². The molecule has 36 heavy (non-hydrogen) atoms.